The molecule has 0 unspecified atom stereocenters. The number of thiazole rings is 1. The van der Waals surface area contributed by atoms with Crippen molar-refractivity contribution in [3.63, 3.8) is 0 Å². The van der Waals surface area contributed by atoms with Crippen molar-refractivity contribution in [3.05, 3.63) is 63.7 Å². The van der Waals surface area contributed by atoms with Gasteiger partial charge < -0.3 is 9.73 Å². The first-order valence-corrected chi connectivity index (χ1v) is 8.08. The van der Waals surface area contributed by atoms with E-state index in [0.717, 1.165) is 11.3 Å². The lowest BCUT2D eigenvalue weighted by atomic mass is 10.1. The number of halogens is 1. The molecule has 5 nitrogen and oxygen atoms in total. The van der Waals surface area contributed by atoms with E-state index in [2.05, 4.69) is 15.3 Å². The van der Waals surface area contributed by atoms with Crippen LogP contribution in [0, 0.1) is 12.7 Å². The molecule has 0 spiro atoms. The van der Waals surface area contributed by atoms with E-state index in [9.17, 15) is 9.18 Å². The third kappa shape index (κ3) is 2.69. The van der Waals surface area contributed by atoms with E-state index >= 15 is 0 Å². The van der Waals surface area contributed by atoms with Crippen LogP contribution in [0.4, 0.5) is 15.2 Å². The largest absolute Gasteiger partial charge is 0.417 e. The predicted octanol–water partition coefficient (Wildman–Crippen LogP) is 4.44. The molecule has 4 aromatic rings. The standard InChI is InChI=1S/C17H12FN3O2S/c1-9-2-4-11(7-12(9)18)19-16-20-14(8-24-16)10-3-5-13-15(6-10)23-17(22)21-13/h2-8H,1H3,(H,19,20)(H,21,22). The summed E-state index contributed by atoms with van der Waals surface area (Å²) in [6.07, 6.45) is 0. The molecule has 2 aromatic carbocycles. The Hall–Kier alpha value is -2.93. The molecule has 0 aliphatic heterocycles. The number of aryl methyl sites for hydroxylation is 1. The Morgan fingerprint density at radius 3 is 2.96 bits per heavy atom. The first-order valence-electron chi connectivity index (χ1n) is 7.20. The van der Waals surface area contributed by atoms with Crippen LogP contribution in [0.5, 0.6) is 0 Å². The highest BCUT2D eigenvalue weighted by Crippen LogP contribution is 2.29. The van der Waals surface area contributed by atoms with Gasteiger partial charge in [-0.2, -0.15) is 0 Å². The Bertz CT molecular complexity index is 1100. The number of hydrogen-bond acceptors (Lipinski definition) is 5. The van der Waals surface area contributed by atoms with Crippen LogP contribution in [0.3, 0.4) is 0 Å². The summed E-state index contributed by atoms with van der Waals surface area (Å²) in [5, 5.41) is 5.64. The number of fused-ring (bicyclic) bond motifs is 1. The minimum atomic E-state index is -0.482. The van der Waals surface area contributed by atoms with Gasteiger partial charge in [0.15, 0.2) is 10.7 Å². The minimum absolute atomic E-state index is 0.260. The summed E-state index contributed by atoms with van der Waals surface area (Å²) in [5.41, 5.74) is 3.96. The monoisotopic (exact) mass is 341 g/mol. The number of H-pyrrole nitrogens is 1. The molecule has 24 heavy (non-hydrogen) atoms. The van der Waals surface area contributed by atoms with Gasteiger partial charge in [-0.3, -0.25) is 4.98 Å². The van der Waals surface area contributed by atoms with Crippen LogP contribution in [0.15, 0.2) is 51.0 Å². The molecule has 0 saturated heterocycles. The third-order valence-corrected chi connectivity index (χ3v) is 4.40. The number of aromatic nitrogens is 2. The van der Waals surface area contributed by atoms with Crippen LogP contribution in [0.25, 0.3) is 22.4 Å². The van der Waals surface area contributed by atoms with Crippen molar-refractivity contribution in [2.24, 2.45) is 0 Å². The molecule has 2 N–H and O–H groups in total. The van der Waals surface area contributed by atoms with Crippen LogP contribution in [0.2, 0.25) is 0 Å². The number of rotatable bonds is 3. The summed E-state index contributed by atoms with van der Waals surface area (Å²) in [4.78, 5) is 18.3. The van der Waals surface area contributed by atoms with Gasteiger partial charge in [-0.25, -0.2) is 14.2 Å². The van der Waals surface area contributed by atoms with E-state index in [1.54, 1.807) is 31.2 Å². The van der Waals surface area contributed by atoms with E-state index in [-0.39, 0.29) is 5.82 Å². The zero-order valence-corrected chi connectivity index (χ0v) is 13.4. The van der Waals surface area contributed by atoms with E-state index in [0.29, 0.717) is 27.5 Å². The molecular formula is C17H12FN3O2S. The van der Waals surface area contributed by atoms with Gasteiger partial charge in [0.2, 0.25) is 0 Å². The first-order chi connectivity index (χ1) is 11.6. The van der Waals surface area contributed by atoms with Crippen molar-refractivity contribution in [2.45, 2.75) is 6.92 Å². The van der Waals surface area contributed by atoms with E-state index in [4.69, 9.17) is 4.42 Å². The summed E-state index contributed by atoms with van der Waals surface area (Å²) >= 11 is 1.42. The second kappa shape index (κ2) is 5.61. The number of nitrogens with zero attached hydrogens (tertiary/aromatic N) is 1. The summed E-state index contributed by atoms with van der Waals surface area (Å²) < 4.78 is 18.7. The van der Waals surface area contributed by atoms with Crippen molar-refractivity contribution < 1.29 is 8.81 Å². The Balaban J connectivity index is 1.63. The highest BCUT2D eigenvalue weighted by atomic mass is 32.1. The van der Waals surface area contributed by atoms with Gasteiger partial charge in [0.25, 0.3) is 0 Å². The molecule has 4 rings (SSSR count). The zero-order valence-electron chi connectivity index (χ0n) is 12.6. The topological polar surface area (TPSA) is 70.9 Å². The van der Waals surface area contributed by atoms with Crippen molar-refractivity contribution in [2.75, 3.05) is 5.32 Å². The Morgan fingerprint density at radius 2 is 2.12 bits per heavy atom. The number of anilines is 2. The molecule has 0 saturated carbocycles. The van der Waals surface area contributed by atoms with Crippen molar-refractivity contribution in [1.29, 1.82) is 0 Å². The SMILES string of the molecule is Cc1ccc(Nc2nc(-c3ccc4[nH]c(=O)oc4c3)cs2)cc1F. The van der Waals surface area contributed by atoms with Crippen molar-refractivity contribution >= 4 is 33.3 Å². The molecule has 7 heteroatoms. The molecule has 0 radical (unpaired) electrons. The highest BCUT2D eigenvalue weighted by molar-refractivity contribution is 7.14. The average Bonchev–Trinajstić information content (AvgIpc) is 3.15. The summed E-state index contributed by atoms with van der Waals surface area (Å²) in [5.74, 6) is -0.742. The molecule has 0 fully saturated rings. The average molecular weight is 341 g/mol. The molecule has 0 atom stereocenters. The summed E-state index contributed by atoms with van der Waals surface area (Å²) in [6, 6.07) is 10.4. The molecule has 2 aromatic heterocycles. The van der Waals surface area contributed by atoms with Crippen LogP contribution in [-0.4, -0.2) is 9.97 Å². The first kappa shape index (κ1) is 14.6. The lowest BCUT2D eigenvalue weighted by Gasteiger charge is -2.04. The van der Waals surface area contributed by atoms with Crippen LogP contribution < -0.4 is 11.1 Å². The van der Waals surface area contributed by atoms with E-state index in [1.807, 2.05) is 11.4 Å². The summed E-state index contributed by atoms with van der Waals surface area (Å²) in [6.45, 7) is 1.72. The van der Waals surface area contributed by atoms with Crippen molar-refractivity contribution in [1.82, 2.24) is 9.97 Å². The maximum Gasteiger partial charge on any atom is 0.417 e. The number of oxazole rings is 1. The van der Waals surface area contributed by atoms with Crippen LogP contribution in [-0.2, 0) is 0 Å². The third-order valence-electron chi connectivity index (χ3n) is 3.64. The van der Waals surface area contributed by atoms with Gasteiger partial charge in [0.1, 0.15) is 5.82 Å². The molecule has 0 aliphatic rings. The zero-order chi connectivity index (χ0) is 16.7. The Morgan fingerprint density at radius 1 is 1.25 bits per heavy atom. The fraction of sp³-hybridized carbons (Fsp3) is 0.0588. The lowest BCUT2D eigenvalue weighted by Crippen LogP contribution is -1.92. The molecule has 2 heterocycles. The van der Waals surface area contributed by atoms with Gasteiger partial charge in [-0.1, -0.05) is 12.1 Å². The number of nitrogens with one attached hydrogen (secondary N) is 2. The second-order valence-corrected chi connectivity index (χ2v) is 6.21. The summed E-state index contributed by atoms with van der Waals surface area (Å²) in [7, 11) is 0. The number of aromatic amines is 1. The number of hydrogen-bond donors (Lipinski definition) is 2. The number of benzene rings is 2. The predicted molar refractivity (Wildman–Crippen MR) is 92.4 cm³/mol. The fourth-order valence-electron chi connectivity index (χ4n) is 2.36. The molecule has 0 amide bonds. The van der Waals surface area contributed by atoms with Gasteiger partial charge in [0.05, 0.1) is 11.2 Å². The maximum absolute atomic E-state index is 13.6. The molecule has 120 valence electrons. The fourth-order valence-corrected chi connectivity index (χ4v) is 3.10. The Labute approximate surface area is 139 Å². The van der Waals surface area contributed by atoms with Crippen molar-refractivity contribution in [3.8, 4) is 11.3 Å². The van der Waals surface area contributed by atoms with Crippen LogP contribution in [0.1, 0.15) is 5.56 Å². The van der Waals surface area contributed by atoms with Gasteiger partial charge in [0, 0.05) is 16.6 Å². The smallest absolute Gasteiger partial charge is 0.408 e. The minimum Gasteiger partial charge on any atom is -0.408 e. The van der Waals surface area contributed by atoms with E-state index < -0.39 is 5.76 Å². The molecule has 0 bridgehead atoms. The van der Waals surface area contributed by atoms with Gasteiger partial charge >= 0.3 is 5.76 Å². The van der Waals surface area contributed by atoms with Crippen LogP contribution >= 0.6 is 11.3 Å². The second-order valence-electron chi connectivity index (χ2n) is 5.35. The van der Waals surface area contributed by atoms with Gasteiger partial charge in [-0.05, 0) is 36.8 Å². The highest BCUT2D eigenvalue weighted by Gasteiger charge is 2.09. The molecule has 0 aliphatic carbocycles. The Kier molecular flexibility index (Phi) is 3.42. The quantitative estimate of drug-likeness (QED) is 0.578. The molecular weight excluding hydrogens is 329 g/mol. The lowest BCUT2D eigenvalue weighted by molar-refractivity contribution is 0.555. The normalized spacial score (nSPS) is 11.1. The maximum atomic E-state index is 13.6. The van der Waals surface area contributed by atoms with E-state index in [1.165, 1.54) is 17.4 Å². The van der Waals surface area contributed by atoms with Gasteiger partial charge in [-0.15, -0.1) is 11.3 Å².